The van der Waals surface area contributed by atoms with Crippen LogP contribution in [0, 0.1) is 0 Å². The molecule has 0 N–H and O–H groups in total. The summed E-state index contributed by atoms with van der Waals surface area (Å²) in [5.74, 6) is 0. The van der Waals surface area contributed by atoms with Crippen LogP contribution >= 0.6 is 0 Å². The van der Waals surface area contributed by atoms with E-state index < -0.39 is 0 Å². The molecule has 0 amide bonds. The molecule has 25 heavy (non-hydrogen) atoms. The largest absolute Gasteiger partial charge is 0.212 e. The topological polar surface area (TPSA) is 6.89 Å². The SMILES string of the molecule is C[N+]1=C(/C=C/c2ccc3c(ccc[n+]3C)c2)C(C)(C)c2ccccc21. The highest BCUT2D eigenvalue weighted by Gasteiger charge is 2.42. The molecule has 0 saturated carbocycles. The number of aryl methyl sites for hydroxylation is 1. The van der Waals surface area contributed by atoms with E-state index in [4.69, 9.17) is 0 Å². The minimum absolute atomic E-state index is 0.0190. The smallest absolute Gasteiger partial charge is 0.201 e. The van der Waals surface area contributed by atoms with Gasteiger partial charge in [0.05, 0.1) is 5.41 Å². The number of benzene rings is 2. The molecule has 124 valence electrons. The van der Waals surface area contributed by atoms with Crippen LogP contribution < -0.4 is 4.57 Å². The summed E-state index contributed by atoms with van der Waals surface area (Å²) in [5, 5.41) is 1.26. The number of hydrogen-bond acceptors (Lipinski definition) is 0. The van der Waals surface area contributed by atoms with Gasteiger partial charge in [-0.3, -0.25) is 0 Å². The molecule has 0 atom stereocenters. The Morgan fingerprint density at radius 2 is 1.68 bits per heavy atom. The fourth-order valence-electron chi connectivity index (χ4n) is 3.96. The third kappa shape index (κ3) is 2.49. The van der Waals surface area contributed by atoms with Gasteiger partial charge < -0.3 is 0 Å². The first-order valence-electron chi connectivity index (χ1n) is 8.75. The molecule has 1 aliphatic heterocycles. The van der Waals surface area contributed by atoms with Crippen molar-refractivity contribution in [3.8, 4) is 0 Å². The Labute approximate surface area is 149 Å². The summed E-state index contributed by atoms with van der Waals surface area (Å²) in [7, 11) is 4.24. The highest BCUT2D eigenvalue weighted by atomic mass is 15.0. The number of hydrogen-bond donors (Lipinski definition) is 0. The molecular weight excluding hydrogens is 304 g/mol. The molecule has 2 aromatic carbocycles. The highest BCUT2D eigenvalue weighted by Crippen LogP contribution is 2.39. The van der Waals surface area contributed by atoms with E-state index in [0.717, 1.165) is 0 Å². The molecule has 4 rings (SSSR count). The fourth-order valence-corrected chi connectivity index (χ4v) is 3.96. The second kappa shape index (κ2) is 5.66. The molecule has 0 bridgehead atoms. The summed E-state index contributed by atoms with van der Waals surface area (Å²) < 4.78 is 4.47. The Hall–Kier alpha value is -2.74. The van der Waals surface area contributed by atoms with E-state index in [1.54, 1.807) is 0 Å². The van der Waals surface area contributed by atoms with Crippen LogP contribution in [0.3, 0.4) is 0 Å². The highest BCUT2D eigenvalue weighted by molar-refractivity contribution is 6.05. The minimum Gasteiger partial charge on any atom is -0.201 e. The monoisotopic (exact) mass is 328 g/mol. The maximum absolute atomic E-state index is 2.31. The van der Waals surface area contributed by atoms with Crippen molar-refractivity contribution in [1.29, 1.82) is 0 Å². The number of para-hydroxylation sites is 1. The number of nitrogens with zero attached hydrogens (tertiary/aromatic N) is 2. The average Bonchev–Trinajstić information content (AvgIpc) is 2.80. The summed E-state index contributed by atoms with van der Waals surface area (Å²) in [4.78, 5) is 0. The van der Waals surface area contributed by atoms with E-state index >= 15 is 0 Å². The molecular formula is C23H24N2+2. The van der Waals surface area contributed by atoms with Gasteiger partial charge in [0.25, 0.3) is 0 Å². The molecule has 0 unspecified atom stereocenters. The third-order valence-electron chi connectivity index (χ3n) is 5.39. The van der Waals surface area contributed by atoms with Crippen LogP contribution in [0.4, 0.5) is 5.69 Å². The van der Waals surface area contributed by atoms with Crippen LogP contribution in [0.2, 0.25) is 0 Å². The van der Waals surface area contributed by atoms with Crippen LogP contribution in [0.1, 0.15) is 25.0 Å². The molecule has 0 aliphatic carbocycles. The van der Waals surface area contributed by atoms with Crippen LogP contribution in [0.5, 0.6) is 0 Å². The van der Waals surface area contributed by atoms with E-state index in [9.17, 15) is 0 Å². The van der Waals surface area contributed by atoms with Gasteiger partial charge >= 0.3 is 0 Å². The lowest BCUT2D eigenvalue weighted by Gasteiger charge is -2.15. The van der Waals surface area contributed by atoms with Gasteiger partial charge in [0.2, 0.25) is 11.2 Å². The van der Waals surface area contributed by atoms with Crippen molar-refractivity contribution in [2.24, 2.45) is 7.05 Å². The first-order chi connectivity index (χ1) is 12.0. The van der Waals surface area contributed by atoms with Crippen molar-refractivity contribution >= 4 is 28.4 Å². The van der Waals surface area contributed by atoms with Crippen molar-refractivity contribution in [2.45, 2.75) is 19.3 Å². The summed E-state index contributed by atoms with van der Waals surface area (Å²) >= 11 is 0. The van der Waals surface area contributed by atoms with Gasteiger partial charge in [-0.15, -0.1) is 0 Å². The van der Waals surface area contributed by atoms with E-state index in [1.165, 1.54) is 33.4 Å². The zero-order valence-electron chi connectivity index (χ0n) is 15.3. The number of fused-ring (bicyclic) bond motifs is 2. The van der Waals surface area contributed by atoms with Gasteiger partial charge in [0.1, 0.15) is 14.1 Å². The van der Waals surface area contributed by atoms with Gasteiger partial charge in [-0.1, -0.05) is 18.2 Å². The van der Waals surface area contributed by atoms with E-state index in [0.29, 0.717) is 0 Å². The predicted molar refractivity (Wildman–Crippen MR) is 104 cm³/mol. The lowest BCUT2D eigenvalue weighted by Crippen LogP contribution is -2.27. The van der Waals surface area contributed by atoms with Gasteiger partial charge in [-0.25, -0.2) is 4.57 Å². The molecule has 3 aromatic rings. The maximum atomic E-state index is 2.31. The molecule has 0 radical (unpaired) electrons. The van der Waals surface area contributed by atoms with Crippen molar-refractivity contribution in [3.63, 3.8) is 0 Å². The predicted octanol–water partition coefficient (Wildman–Crippen LogP) is 4.38. The Balaban J connectivity index is 1.74. The van der Waals surface area contributed by atoms with Crippen LogP contribution in [-0.4, -0.2) is 17.3 Å². The van der Waals surface area contributed by atoms with Crippen molar-refractivity contribution in [2.75, 3.05) is 7.05 Å². The van der Waals surface area contributed by atoms with Crippen molar-refractivity contribution < 1.29 is 9.14 Å². The number of pyridine rings is 1. The zero-order chi connectivity index (χ0) is 17.6. The molecule has 2 nitrogen and oxygen atoms in total. The standard InChI is InChI=1S/C23H24N2/c1-23(2)19-9-5-6-10-21(19)25(4)22(23)14-12-17-11-13-20-18(16-17)8-7-15-24(20)3/h5-16H,1-4H3/q+2/b14-12+. The number of aromatic nitrogens is 1. The van der Waals surface area contributed by atoms with Crippen LogP contribution in [-0.2, 0) is 12.5 Å². The van der Waals surface area contributed by atoms with E-state index in [2.05, 4.69) is 110 Å². The van der Waals surface area contributed by atoms with Crippen molar-refractivity contribution in [1.82, 2.24) is 0 Å². The molecule has 1 aromatic heterocycles. The average molecular weight is 328 g/mol. The second-order valence-corrected chi connectivity index (χ2v) is 7.36. The number of allylic oxidation sites excluding steroid dienone is 1. The minimum atomic E-state index is 0.0190. The zero-order valence-corrected chi connectivity index (χ0v) is 15.3. The van der Waals surface area contributed by atoms with Crippen molar-refractivity contribution in [3.05, 3.63) is 78.0 Å². The Bertz CT molecular complexity index is 1040. The lowest BCUT2D eigenvalue weighted by atomic mass is 9.81. The first kappa shape index (κ1) is 15.8. The van der Waals surface area contributed by atoms with Gasteiger partial charge in [0, 0.05) is 35.2 Å². The second-order valence-electron chi connectivity index (χ2n) is 7.36. The molecule has 2 heterocycles. The third-order valence-corrected chi connectivity index (χ3v) is 5.39. The number of rotatable bonds is 2. The summed E-state index contributed by atoms with van der Waals surface area (Å²) in [5.41, 5.74) is 6.52. The molecule has 0 spiro atoms. The Kier molecular flexibility index (Phi) is 3.57. The molecule has 2 heteroatoms. The normalized spacial score (nSPS) is 16.0. The Morgan fingerprint density at radius 3 is 2.48 bits per heavy atom. The Morgan fingerprint density at radius 1 is 0.880 bits per heavy atom. The maximum Gasteiger partial charge on any atom is 0.212 e. The van der Waals surface area contributed by atoms with Gasteiger partial charge in [-0.05, 0) is 43.7 Å². The van der Waals surface area contributed by atoms with Gasteiger partial charge in [-0.2, -0.15) is 4.58 Å². The summed E-state index contributed by atoms with van der Waals surface area (Å²) in [6, 6.07) is 19.6. The summed E-state index contributed by atoms with van der Waals surface area (Å²) in [6.45, 7) is 4.60. The van der Waals surface area contributed by atoms with E-state index in [1.807, 2.05) is 0 Å². The quantitative estimate of drug-likeness (QED) is 0.616. The van der Waals surface area contributed by atoms with Gasteiger partial charge in [0.15, 0.2) is 11.9 Å². The van der Waals surface area contributed by atoms with Crippen LogP contribution in [0.25, 0.3) is 17.0 Å². The molecule has 0 saturated heterocycles. The summed E-state index contributed by atoms with van der Waals surface area (Å²) in [6.07, 6.45) is 6.58. The molecule has 0 fully saturated rings. The lowest BCUT2D eigenvalue weighted by molar-refractivity contribution is -0.644. The van der Waals surface area contributed by atoms with Crippen LogP contribution in [0.15, 0.2) is 66.9 Å². The fraction of sp³-hybridized carbons (Fsp3) is 0.217. The molecule has 1 aliphatic rings. The first-order valence-corrected chi connectivity index (χ1v) is 8.75. The van der Waals surface area contributed by atoms with E-state index in [-0.39, 0.29) is 5.41 Å².